The zero-order chi connectivity index (χ0) is 23.8. The summed E-state index contributed by atoms with van der Waals surface area (Å²) in [5.74, 6) is 0.0110. The average molecular weight is 458 g/mol. The van der Waals surface area contributed by atoms with Gasteiger partial charge in [0.2, 0.25) is 0 Å². The van der Waals surface area contributed by atoms with Crippen molar-refractivity contribution in [2.75, 3.05) is 7.11 Å². The highest BCUT2D eigenvalue weighted by atomic mass is 31.1. The molecule has 8 heteroatoms. The lowest BCUT2D eigenvalue weighted by Crippen LogP contribution is -2.53. The third-order valence-electron chi connectivity index (χ3n) is 5.91. The van der Waals surface area contributed by atoms with E-state index in [1.165, 1.54) is 19.1 Å². The minimum absolute atomic E-state index is 0.143. The molecule has 3 atom stereocenters. The minimum Gasteiger partial charge on any atom is -0.477 e. The van der Waals surface area contributed by atoms with E-state index >= 15 is 0 Å². The molecule has 1 aromatic carbocycles. The normalized spacial score (nSPS) is 17.9. The molecule has 6 nitrogen and oxygen atoms in total. The molecule has 0 saturated heterocycles. The number of hydrogen-bond acceptors (Lipinski definition) is 5. The van der Waals surface area contributed by atoms with E-state index in [0.29, 0.717) is 16.8 Å². The van der Waals surface area contributed by atoms with Crippen LogP contribution in [0.25, 0.3) is 11.1 Å². The highest BCUT2D eigenvalue weighted by molar-refractivity contribution is 7.43. The fourth-order valence-corrected chi connectivity index (χ4v) is 5.00. The molecular weight excluding hydrogens is 432 g/mol. The Kier molecular flexibility index (Phi) is 6.53. The number of hydrogen-bond donors (Lipinski definition) is 2. The molecule has 0 bridgehead atoms. The molecule has 2 N–H and O–H groups in total. The first kappa shape index (κ1) is 24.0. The van der Waals surface area contributed by atoms with Gasteiger partial charge in [0.25, 0.3) is 0 Å². The first-order valence-electron chi connectivity index (χ1n) is 10.3. The lowest BCUT2D eigenvalue weighted by atomic mass is 9.76. The van der Waals surface area contributed by atoms with Crippen LogP contribution < -0.4 is 0 Å². The molecule has 0 aliphatic heterocycles. The number of nitrogens with zero attached hydrogens (tertiary/aromatic N) is 1. The topological polar surface area (TPSA) is 96.7 Å². The van der Waals surface area contributed by atoms with Crippen LogP contribution in [0.15, 0.2) is 30.3 Å². The minimum atomic E-state index is -3.03. The Morgan fingerprint density at radius 2 is 1.94 bits per heavy atom. The van der Waals surface area contributed by atoms with Crippen molar-refractivity contribution in [2.24, 2.45) is 0 Å². The molecule has 1 heterocycles. The van der Waals surface area contributed by atoms with Crippen molar-refractivity contribution in [3.05, 3.63) is 53.1 Å². The van der Waals surface area contributed by atoms with Crippen LogP contribution in [0.1, 0.15) is 62.4 Å². The number of terminal acetylenes is 1. The number of halogens is 1. The summed E-state index contributed by atoms with van der Waals surface area (Å²) < 4.78 is 31.4. The van der Waals surface area contributed by atoms with Crippen molar-refractivity contribution in [3.63, 3.8) is 0 Å². The molecule has 1 fully saturated rings. The lowest BCUT2D eigenvalue weighted by Gasteiger charge is -2.34. The number of aromatic nitrogens is 1. The van der Waals surface area contributed by atoms with E-state index in [1.54, 1.807) is 18.2 Å². The van der Waals surface area contributed by atoms with Gasteiger partial charge in [0.1, 0.15) is 5.82 Å². The Morgan fingerprint density at radius 3 is 2.38 bits per heavy atom. The SMILES string of the molecule is C#CC(C(=O)O)([P+](=O)OC)C(C)(O)c1c(-c2ccc(F)cc2)cc(C2CC2)nc1C(C)C. The van der Waals surface area contributed by atoms with Gasteiger partial charge in [-0.05, 0) is 65.5 Å². The molecule has 1 aliphatic rings. The molecule has 1 aromatic heterocycles. The maximum atomic E-state index is 13.6. The highest BCUT2D eigenvalue weighted by Crippen LogP contribution is 2.54. The van der Waals surface area contributed by atoms with E-state index in [4.69, 9.17) is 15.9 Å². The number of aliphatic carboxylic acids is 1. The lowest BCUT2D eigenvalue weighted by molar-refractivity contribution is -0.145. The van der Waals surface area contributed by atoms with Crippen molar-refractivity contribution in [1.29, 1.82) is 0 Å². The second-order valence-corrected chi connectivity index (χ2v) is 10.0. The van der Waals surface area contributed by atoms with Crippen molar-refractivity contribution in [3.8, 4) is 23.5 Å². The van der Waals surface area contributed by atoms with E-state index in [2.05, 4.69) is 5.92 Å². The van der Waals surface area contributed by atoms with Crippen LogP contribution in [0.4, 0.5) is 4.39 Å². The van der Waals surface area contributed by atoms with Gasteiger partial charge < -0.3 is 10.2 Å². The molecule has 3 rings (SSSR count). The van der Waals surface area contributed by atoms with E-state index < -0.39 is 30.6 Å². The number of benzene rings is 1. The van der Waals surface area contributed by atoms with Crippen LogP contribution in [0.5, 0.6) is 0 Å². The van der Waals surface area contributed by atoms with E-state index in [0.717, 1.165) is 25.6 Å². The van der Waals surface area contributed by atoms with Gasteiger partial charge >= 0.3 is 19.2 Å². The molecule has 1 aliphatic carbocycles. The summed E-state index contributed by atoms with van der Waals surface area (Å²) in [5.41, 5.74) is 0.0802. The number of rotatable bonds is 8. The second-order valence-electron chi connectivity index (χ2n) is 8.46. The summed E-state index contributed by atoms with van der Waals surface area (Å²) in [6.07, 6.45) is 7.56. The van der Waals surface area contributed by atoms with Crippen LogP contribution in [-0.4, -0.2) is 33.4 Å². The number of carbonyl (C=O) groups is 1. The maximum absolute atomic E-state index is 13.6. The molecule has 0 amide bonds. The average Bonchev–Trinajstić information content (AvgIpc) is 3.59. The third-order valence-corrected chi connectivity index (χ3v) is 7.55. The van der Waals surface area contributed by atoms with Crippen LogP contribution >= 0.6 is 8.03 Å². The first-order chi connectivity index (χ1) is 15.0. The fourth-order valence-electron chi connectivity index (χ4n) is 4.00. The number of pyridine rings is 1. The summed E-state index contributed by atoms with van der Waals surface area (Å²) >= 11 is 0. The van der Waals surface area contributed by atoms with Crippen LogP contribution in [-0.2, 0) is 19.5 Å². The Bertz CT molecular complexity index is 1100. The van der Waals surface area contributed by atoms with Crippen molar-refractivity contribution < 1.29 is 28.5 Å². The second kappa shape index (κ2) is 8.71. The Balaban J connectivity index is 2.44. The molecule has 1 saturated carbocycles. The van der Waals surface area contributed by atoms with Gasteiger partial charge in [-0.2, -0.15) is 0 Å². The Morgan fingerprint density at radius 1 is 1.34 bits per heavy atom. The summed E-state index contributed by atoms with van der Waals surface area (Å²) in [4.78, 5) is 17.2. The van der Waals surface area contributed by atoms with Gasteiger partial charge in [-0.15, -0.1) is 10.9 Å². The van der Waals surface area contributed by atoms with E-state index in [1.807, 2.05) is 13.8 Å². The van der Waals surface area contributed by atoms with Crippen molar-refractivity contribution in [1.82, 2.24) is 4.98 Å². The largest absolute Gasteiger partial charge is 0.543 e. The zero-order valence-corrected chi connectivity index (χ0v) is 19.3. The van der Waals surface area contributed by atoms with Gasteiger partial charge in [-0.1, -0.05) is 26.0 Å². The molecule has 0 radical (unpaired) electrons. The first-order valence-corrected chi connectivity index (χ1v) is 11.4. The van der Waals surface area contributed by atoms with Crippen LogP contribution in [0.2, 0.25) is 0 Å². The van der Waals surface area contributed by atoms with E-state index in [-0.39, 0.29) is 17.4 Å². The predicted octanol–water partition coefficient (Wildman–Crippen LogP) is 4.94. The summed E-state index contributed by atoms with van der Waals surface area (Å²) in [7, 11) is -1.95. The third kappa shape index (κ3) is 3.84. The van der Waals surface area contributed by atoms with Gasteiger partial charge in [-0.3, -0.25) is 4.98 Å². The molecule has 32 heavy (non-hydrogen) atoms. The van der Waals surface area contributed by atoms with Crippen LogP contribution in [0, 0.1) is 18.2 Å². The van der Waals surface area contributed by atoms with Gasteiger partial charge in [0.05, 0.1) is 12.8 Å². The van der Waals surface area contributed by atoms with Crippen LogP contribution in [0.3, 0.4) is 0 Å². The summed E-state index contributed by atoms with van der Waals surface area (Å²) in [6.45, 7) is 4.95. The van der Waals surface area contributed by atoms with Crippen molar-refractivity contribution in [2.45, 2.75) is 56.2 Å². The number of carboxylic acid groups (broad SMARTS) is 1. The fraction of sp³-hybridized carbons (Fsp3) is 0.417. The smallest absolute Gasteiger partial charge is 0.477 e. The molecule has 0 spiro atoms. The molecule has 168 valence electrons. The standard InChI is InChI=1S/C24H25FNO5P/c1-6-24(22(27)28,32(30)31-5)23(4,29)20-18(15-9-11-17(25)12-10-15)13-19(16-7-8-16)26-21(20)14(2)3/h1,9-14,16,29H,7-8H2,2-5H3/p+1. The van der Waals surface area contributed by atoms with E-state index in [9.17, 15) is 24.0 Å². The summed E-state index contributed by atoms with van der Waals surface area (Å²) in [5, 5.41) is 19.3. The van der Waals surface area contributed by atoms with Crippen molar-refractivity contribution >= 4 is 14.0 Å². The van der Waals surface area contributed by atoms with Gasteiger partial charge in [0.15, 0.2) is 5.60 Å². The number of aliphatic hydroxyl groups is 1. The summed E-state index contributed by atoms with van der Waals surface area (Å²) in [6, 6.07) is 7.42. The zero-order valence-electron chi connectivity index (χ0n) is 18.4. The molecule has 3 unspecified atom stereocenters. The quantitative estimate of drug-likeness (QED) is 0.430. The molecule has 2 aromatic rings. The Hall–Kier alpha value is -2.65. The molecular formula is C24H26FNO5P+. The highest BCUT2D eigenvalue weighted by Gasteiger charge is 2.71. The van der Waals surface area contributed by atoms with Gasteiger partial charge in [-0.25, -0.2) is 9.18 Å². The maximum Gasteiger partial charge on any atom is 0.543 e. The van der Waals surface area contributed by atoms with Gasteiger partial charge in [0, 0.05) is 17.2 Å². The number of carboxylic acids is 1. The predicted molar refractivity (Wildman–Crippen MR) is 119 cm³/mol. The Labute approximate surface area is 187 Å². The monoisotopic (exact) mass is 458 g/mol.